The molecule has 0 saturated carbocycles. The molecule has 10 heteroatoms. The molecule has 204 valence electrons. The van der Waals surface area contributed by atoms with Crippen molar-refractivity contribution in [3.63, 3.8) is 0 Å². The molecule has 0 spiro atoms. The third-order valence-corrected chi connectivity index (χ3v) is 6.50. The first-order chi connectivity index (χ1) is 16.3. The van der Waals surface area contributed by atoms with Crippen molar-refractivity contribution in [2.45, 2.75) is 122 Å². The van der Waals surface area contributed by atoms with Crippen LogP contribution < -0.4 is 0 Å². The van der Waals surface area contributed by atoms with Crippen LogP contribution in [-0.4, -0.2) is 64.8 Å². The first kappa shape index (κ1) is 33.5. The lowest BCUT2D eigenvalue weighted by atomic mass is 10.0. The van der Waals surface area contributed by atoms with Crippen molar-refractivity contribution >= 4 is 13.8 Å². The minimum Gasteiger partial charge on any atom is -0.457 e. The van der Waals surface area contributed by atoms with Gasteiger partial charge in [-0.05, 0) is 6.42 Å². The fourth-order valence-electron chi connectivity index (χ4n) is 3.46. The average molecular weight is 513 g/mol. The van der Waals surface area contributed by atoms with Gasteiger partial charge in [-0.1, -0.05) is 96.8 Å². The largest absolute Gasteiger partial charge is 0.472 e. The van der Waals surface area contributed by atoms with Gasteiger partial charge in [0.05, 0.1) is 26.4 Å². The minimum absolute atomic E-state index is 0.213. The predicted molar refractivity (Wildman–Crippen MR) is 131 cm³/mol. The molecule has 0 amide bonds. The minimum atomic E-state index is -4.50. The predicted octanol–water partition coefficient (Wildman–Crippen LogP) is 4.64. The Balaban J connectivity index is 3.64. The number of hydrogen-bond acceptors (Lipinski definition) is 8. The highest BCUT2D eigenvalue weighted by molar-refractivity contribution is 7.47. The Morgan fingerprint density at radius 2 is 1.18 bits per heavy atom. The summed E-state index contributed by atoms with van der Waals surface area (Å²) in [7, 11) is -4.50. The van der Waals surface area contributed by atoms with Gasteiger partial charge in [-0.15, -0.1) is 0 Å². The Morgan fingerprint density at radius 3 is 1.62 bits per heavy atom. The Morgan fingerprint density at radius 1 is 0.735 bits per heavy atom. The van der Waals surface area contributed by atoms with Crippen LogP contribution >= 0.6 is 7.82 Å². The summed E-state index contributed by atoms with van der Waals surface area (Å²) in [6.45, 7) is -0.0629. The standard InChI is InChI=1S/C24H49O9P/c1-2-3-4-5-6-7-8-9-10-11-12-13-14-15-16-17-24(28)33-23(19-26)21-32-34(29,30)31-20-22(27)18-25/h22-23,25-27H,2-21H2,1H3,(H,29,30). The monoisotopic (exact) mass is 512 g/mol. The molecule has 0 aliphatic rings. The van der Waals surface area contributed by atoms with Gasteiger partial charge in [0.15, 0.2) is 0 Å². The van der Waals surface area contributed by atoms with Crippen molar-refractivity contribution in [1.82, 2.24) is 0 Å². The molecule has 0 aromatic heterocycles. The van der Waals surface area contributed by atoms with Crippen LogP contribution in [0, 0.1) is 0 Å². The summed E-state index contributed by atoms with van der Waals surface area (Å²) in [6, 6.07) is 0. The molecule has 3 atom stereocenters. The van der Waals surface area contributed by atoms with Gasteiger partial charge in [-0.25, -0.2) is 4.57 Å². The molecule has 9 nitrogen and oxygen atoms in total. The molecule has 0 aliphatic carbocycles. The number of ether oxygens (including phenoxy) is 1. The van der Waals surface area contributed by atoms with E-state index in [2.05, 4.69) is 16.0 Å². The van der Waals surface area contributed by atoms with E-state index >= 15 is 0 Å². The van der Waals surface area contributed by atoms with E-state index in [-0.39, 0.29) is 6.42 Å². The number of phosphoric acid groups is 1. The van der Waals surface area contributed by atoms with Gasteiger partial charge in [0.25, 0.3) is 0 Å². The average Bonchev–Trinajstić information content (AvgIpc) is 2.82. The number of carbonyl (C=O) groups is 1. The Kier molecular flexibility index (Phi) is 22.5. The third kappa shape index (κ3) is 22.0. The van der Waals surface area contributed by atoms with E-state index in [0.29, 0.717) is 6.42 Å². The van der Waals surface area contributed by atoms with Gasteiger partial charge in [-0.2, -0.15) is 0 Å². The highest BCUT2D eigenvalue weighted by Crippen LogP contribution is 2.43. The van der Waals surface area contributed by atoms with Crippen LogP contribution in [0.5, 0.6) is 0 Å². The first-order valence-corrected chi connectivity index (χ1v) is 14.5. The number of aliphatic hydroxyl groups is 3. The number of esters is 1. The maximum Gasteiger partial charge on any atom is 0.472 e. The summed E-state index contributed by atoms with van der Waals surface area (Å²) in [5.41, 5.74) is 0. The third-order valence-electron chi connectivity index (χ3n) is 5.55. The molecule has 0 heterocycles. The van der Waals surface area contributed by atoms with Crippen molar-refractivity contribution in [3.8, 4) is 0 Å². The van der Waals surface area contributed by atoms with E-state index in [1.165, 1.54) is 70.6 Å². The summed E-state index contributed by atoms with van der Waals surface area (Å²) in [4.78, 5) is 21.4. The molecule has 0 rings (SSSR count). The molecule has 0 radical (unpaired) electrons. The summed E-state index contributed by atoms with van der Waals surface area (Å²) in [5.74, 6) is -0.498. The van der Waals surface area contributed by atoms with Gasteiger partial charge in [-0.3, -0.25) is 13.8 Å². The zero-order valence-electron chi connectivity index (χ0n) is 21.1. The highest BCUT2D eigenvalue weighted by Gasteiger charge is 2.25. The SMILES string of the molecule is CCCCCCCCCCCCCCCCCC(=O)OC(CO)COP(=O)(O)OCC(O)CO. The molecule has 0 bridgehead atoms. The first-order valence-electron chi connectivity index (χ1n) is 13.1. The van der Waals surface area contributed by atoms with Crippen LogP contribution in [0.2, 0.25) is 0 Å². The molecule has 0 fully saturated rings. The smallest absolute Gasteiger partial charge is 0.457 e. The van der Waals surface area contributed by atoms with Gasteiger partial charge >= 0.3 is 13.8 Å². The molecule has 0 saturated heterocycles. The number of unbranched alkanes of at least 4 members (excludes halogenated alkanes) is 14. The second kappa shape index (κ2) is 22.9. The quantitative estimate of drug-likeness (QED) is 0.0781. The Bertz CT molecular complexity index is 519. The van der Waals surface area contributed by atoms with E-state index < -0.39 is 52.4 Å². The Hall–Kier alpha value is -0.540. The van der Waals surface area contributed by atoms with Crippen LogP contribution in [0.15, 0.2) is 0 Å². The topological polar surface area (TPSA) is 143 Å². The van der Waals surface area contributed by atoms with Crippen molar-refractivity contribution < 1.29 is 43.4 Å². The zero-order chi connectivity index (χ0) is 25.5. The lowest BCUT2D eigenvalue weighted by Gasteiger charge is -2.18. The molecule has 3 unspecified atom stereocenters. The normalized spacial score (nSPS) is 15.1. The Labute approximate surface area is 205 Å². The molecule has 0 aliphatic heterocycles. The number of phosphoric ester groups is 1. The van der Waals surface area contributed by atoms with E-state index in [0.717, 1.165) is 19.3 Å². The van der Waals surface area contributed by atoms with Crippen LogP contribution in [0.25, 0.3) is 0 Å². The van der Waals surface area contributed by atoms with Crippen molar-refractivity contribution in [2.75, 3.05) is 26.4 Å². The second-order valence-corrected chi connectivity index (χ2v) is 10.3. The highest BCUT2D eigenvalue weighted by atomic mass is 31.2. The molecule has 4 N–H and O–H groups in total. The van der Waals surface area contributed by atoms with Gasteiger partial charge in [0, 0.05) is 6.42 Å². The summed E-state index contributed by atoms with van der Waals surface area (Å²) >= 11 is 0. The van der Waals surface area contributed by atoms with Crippen molar-refractivity contribution in [3.05, 3.63) is 0 Å². The molecule has 0 aromatic rings. The van der Waals surface area contributed by atoms with Crippen LogP contribution in [-0.2, 0) is 23.1 Å². The molecular weight excluding hydrogens is 463 g/mol. The number of carbonyl (C=O) groups excluding carboxylic acids is 1. The van der Waals surface area contributed by atoms with Crippen LogP contribution in [0.1, 0.15) is 110 Å². The fraction of sp³-hybridized carbons (Fsp3) is 0.958. The van der Waals surface area contributed by atoms with E-state index in [9.17, 15) is 19.4 Å². The van der Waals surface area contributed by atoms with E-state index in [1.54, 1.807) is 0 Å². The second-order valence-electron chi connectivity index (χ2n) is 8.89. The van der Waals surface area contributed by atoms with Gasteiger partial charge in [0.1, 0.15) is 12.2 Å². The number of aliphatic hydroxyl groups excluding tert-OH is 3. The van der Waals surface area contributed by atoms with Crippen LogP contribution in [0.3, 0.4) is 0 Å². The molecular formula is C24H49O9P. The van der Waals surface area contributed by atoms with Crippen LogP contribution in [0.4, 0.5) is 0 Å². The maximum absolute atomic E-state index is 11.9. The van der Waals surface area contributed by atoms with E-state index in [4.69, 9.17) is 14.9 Å². The number of hydrogen-bond donors (Lipinski definition) is 4. The van der Waals surface area contributed by atoms with Gasteiger partial charge in [0.2, 0.25) is 0 Å². The van der Waals surface area contributed by atoms with E-state index in [1.807, 2.05) is 0 Å². The van der Waals surface area contributed by atoms with Gasteiger partial charge < -0.3 is 24.9 Å². The fourth-order valence-corrected chi connectivity index (χ4v) is 4.25. The maximum atomic E-state index is 11.9. The lowest BCUT2D eigenvalue weighted by Crippen LogP contribution is -2.27. The summed E-state index contributed by atoms with van der Waals surface area (Å²) in [5, 5.41) is 27.1. The van der Waals surface area contributed by atoms with Crippen molar-refractivity contribution in [1.29, 1.82) is 0 Å². The number of rotatable bonds is 25. The molecule has 0 aromatic carbocycles. The zero-order valence-corrected chi connectivity index (χ0v) is 22.0. The lowest BCUT2D eigenvalue weighted by molar-refractivity contribution is -0.153. The summed E-state index contributed by atoms with van der Waals surface area (Å²) < 4.78 is 25.9. The molecule has 34 heavy (non-hydrogen) atoms. The van der Waals surface area contributed by atoms with Crippen molar-refractivity contribution in [2.24, 2.45) is 0 Å². The summed E-state index contributed by atoms with van der Waals surface area (Å²) in [6.07, 6.45) is 16.3.